The zero-order valence-electron chi connectivity index (χ0n) is 10.6. The Bertz CT molecular complexity index is 631. The number of H-pyrrole nitrogens is 2. The van der Waals surface area contributed by atoms with E-state index in [0.29, 0.717) is 30.0 Å². The molecule has 0 radical (unpaired) electrons. The van der Waals surface area contributed by atoms with Crippen molar-refractivity contribution in [1.82, 2.24) is 30.7 Å². The first-order valence-corrected chi connectivity index (χ1v) is 5.78. The zero-order chi connectivity index (χ0) is 13.8. The highest BCUT2D eigenvalue weighted by atomic mass is 16.2. The quantitative estimate of drug-likeness (QED) is 0.685. The molecule has 0 aliphatic heterocycles. The maximum atomic E-state index is 12.0. The maximum Gasteiger partial charge on any atom is 0.277 e. The highest BCUT2D eigenvalue weighted by Gasteiger charge is 2.15. The number of carbonyl (C=O) groups excluding carboxylic acids is 1. The molecule has 2 aromatic rings. The van der Waals surface area contributed by atoms with E-state index in [1.54, 1.807) is 13.8 Å². The molecule has 0 atom stereocenters. The van der Waals surface area contributed by atoms with E-state index in [1.807, 2.05) is 0 Å². The Balaban J connectivity index is 2.04. The van der Waals surface area contributed by atoms with Gasteiger partial charge >= 0.3 is 0 Å². The van der Waals surface area contributed by atoms with Gasteiger partial charge in [-0.25, -0.2) is 10.1 Å². The van der Waals surface area contributed by atoms with Crippen LogP contribution in [-0.2, 0) is 6.42 Å². The molecule has 0 spiro atoms. The molecular weight excluding hydrogens is 248 g/mol. The number of hydrogen-bond donors (Lipinski definition) is 3. The number of nitrogens with zero attached hydrogens (tertiary/aromatic N) is 3. The fraction of sp³-hybridized carbons (Fsp3) is 0.364. The van der Waals surface area contributed by atoms with E-state index in [0.717, 1.165) is 0 Å². The van der Waals surface area contributed by atoms with Crippen molar-refractivity contribution >= 4 is 5.91 Å². The average molecular weight is 262 g/mol. The van der Waals surface area contributed by atoms with Crippen molar-refractivity contribution < 1.29 is 4.79 Å². The van der Waals surface area contributed by atoms with Gasteiger partial charge in [0.1, 0.15) is 17.7 Å². The molecule has 0 bridgehead atoms. The minimum atomic E-state index is -0.486. The summed E-state index contributed by atoms with van der Waals surface area (Å²) < 4.78 is 0. The molecule has 3 N–H and O–H groups in total. The summed E-state index contributed by atoms with van der Waals surface area (Å²) in [6.45, 7) is 3.80. The van der Waals surface area contributed by atoms with Crippen LogP contribution in [0, 0.1) is 13.8 Å². The zero-order valence-corrected chi connectivity index (χ0v) is 10.6. The maximum absolute atomic E-state index is 12.0. The van der Waals surface area contributed by atoms with Gasteiger partial charge in [-0.15, -0.1) is 0 Å². The number of amides is 1. The molecule has 8 heteroatoms. The first-order chi connectivity index (χ1) is 9.09. The second-order valence-electron chi connectivity index (χ2n) is 4.08. The smallest absolute Gasteiger partial charge is 0.277 e. The first kappa shape index (κ1) is 12.9. The first-order valence-electron chi connectivity index (χ1n) is 5.78. The fourth-order valence-corrected chi connectivity index (χ4v) is 1.63. The molecule has 19 heavy (non-hydrogen) atoms. The summed E-state index contributed by atoms with van der Waals surface area (Å²) in [6.07, 6.45) is 1.92. The van der Waals surface area contributed by atoms with Crippen molar-refractivity contribution in [3.63, 3.8) is 0 Å². The lowest BCUT2D eigenvalue weighted by atomic mass is 10.1. The molecule has 0 aliphatic carbocycles. The van der Waals surface area contributed by atoms with Crippen LogP contribution in [-0.4, -0.2) is 37.8 Å². The molecule has 0 saturated heterocycles. The van der Waals surface area contributed by atoms with Gasteiger partial charge in [-0.3, -0.25) is 14.7 Å². The highest BCUT2D eigenvalue weighted by Crippen LogP contribution is 2.04. The van der Waals surface area contributed by atoms with Crippen LogP contribution < -0.4 is 10.9 Å². The van der Waals surface area contributed by atoms with Gasteiger partial charge in [-0.05, 0) is 19.4 Å². The normalized spacial score (nSPS) is 10.4. The predicted octanol–water partition coefficient (Wildman–Crippen LogP) is -0.523. The summed E-state index contributed by atoms with van der Waals surface area (Å²) in [6, 6.07) is 0. The number of aryl methyl sites for hydroxylation is 1. The highest BCUT2D eigenvalue weighted by molar-refractivity contribution is 5.95. The monoisotopic (exact) mass is 262 g/mol. The Kier molecular flexibility index (Phi) is 3.69. The molecule has 0 aliphatic rings. The molecule has 2 heterocycles. The minimum Gasteiger partial charge on any atom is -0.351 e. The summed E-state index contributed by atoms with van der Waals surface area (Å²) >= 11 is 0. The second kappa shape index (κ2) is 5.42. The van der Waals surface area contributed by atoms with Gasteiger partial charge in [0.15, 0.2) is 0 Å². The van der Waals surface area contributed by atoms with E-state index >= 15 is 0 Å². The third-order valence-corrected chi connectivity index (χ3v) is 2.81. The third-order valence-electron chi connectivity index (χ3n) is 2.81. The molecule has 0 saturated carbocycles. The molecule has 2 rings (SSSR count). The summed E-state index contributed by atoms with van der Waals surface area (Å²) in [5, 5.41) is 15.2. The Morgan fingerprint density at radius 1 is 1.37 bits per heavy atom. The standard InChI is InChI=1S/C11H14N6O2/c1-6-7(2)15-17-11(19)9(6)10(18)12-4-3-8-13-5-14-16-8/h5H,3-4H2,1-2H3,(H,12,18)(H,17,19)(H,13,14,16). The van der Waals surface area contributed by atoms with Gasteiger partial charge in [-0.1, -0.05) is 0 Å². The summed E-state index contributed by atoms with van der Waals surface area (Å²) in [5.74, 6) is 0.264. The number of carbonyl (C=O) groups is 1. The number of rotatable bonds is 4. The molecule has 1 amide bonds. The molecule has 0 aromatic carbocycles. The van der Waals surface area contributed by atoms with Crippen molar-refractivity contribution in [1.29, 1.82) is 0 Å². The lowest BCUT2D eigenvalue weighted by molar-refractivity contribution is 0.0951. The largest absolute Gasteiger partial charge is 0.351 e. The van der Waals surface area contributed by atoms with E-state index in [9.17, 15) is 9.59 Å². The van der Waals surface area contributed by atoms with E-state index in [4.69, 9.17) is 0 Å². The van der Waals surface area contributed by atoms with Crippen LogP contribution in [0.4, 0.5) is 0 Å². The Hall–Kier alpha value is -2.51. The lowest BCUT2D eigenvalue weighted by Crippen LogP contribution is -2.33. The lowest BCUT2D eigenvalue weighted by Gasteiger charge is -2.07. The van der Waals surface area contributed by atoms with Gasteiger partial charge in [0.05, 0.1) is 5.69 Å². The van der Waals surface area contributed by atoms with Crippen LogP contribution in [0.3, 0.4) is 0 Å². The van der Waals surface area contributed by atoms with E-state index in [1.165, 1.54) is 6.33 Å². The minimum absolute atomic E-state index is 0.102. The number of aromatic nitrogens is 5. The number of aromatic amines is 2. The van der Waals surface area contributed by atoms with Gasteiger partial charge in [0.2, 0.25) is 0 Å². The van der Waals surface area contributed by atoms with Gasteiger partial charge in [0.25, 0.3) is 11.5 Å². The van der Waals surface area contributed by atoms with Crippen molar-refractivity contribution in [3.05, 3.63) is 39.3 Å². The summed E-state index contributed by atoms with van der Waals surface area (Å²) in [4.78, 5) is 27.5. The molecule has 2 aromatic heterocycles. The van der Waals surface area contributed by atoms with Gasteiger partial charge < -0.3 is 5.32 Å². The van der Waals surface area contributed by atoms with Crippen molar-refractivity contribution in [2.75, 3.05) is 6.54 Å². The van der Waals surface area contributed by atoms with Crippen LogP contribution in [0.15, 0.2) is 11.1 Å². The predicted molar refractivity (Wildman–Crippen MR) is 66.8 cm³/mol. The van der Waals surface area contributed by atoms with Gasteiger partial charge in [-0.2, -0.15) is 10.2 Å². The van der Waals surface area contributed by atoms with Crippen LogP contribution in [0.5, 0.6) is 0 Å². The van der Waals surface area contributed by atoms with Crippen LogP contribution in [0.1, 0.15) is 27.4 Å². The Morgan fingerprint density at radius 3 is 2.84 bits per heavy atom. The van der Waals surface area contributed by atoms with Crippen molar-refractivity contribution in [2.45, 2.75) is 20.3 Å². The van der Waals surface area contributed by atoms with Crippen LogP contribution >= 0.6 is 0 Å². The Labute approximate surface area is 108 Å². The SMILES string of the molecule is Cc1n[nH]c(=O)c(C(=O)NCCc2ncn[nH]2)c1C. The van der Waals surface area contributed by atoms with E-state index < -0.39 is 11.5 Å². The molecule has 0 fully saturated rings. The number of nitrogens with one attached hydrogen (secondary N) is 3. The molecule has 100 valence electrons. The topological polar surface area (TPSA) is 116 Å². The van der Waals surface area contributed by atoms with Crippen molar-refractivity contribution in [2.24, 2.45) is 0 Å². The molecular formula is C11H14N6O2. The average Bonchev–Trinajstić information content (AvgIpc) is 2.87. The van der Waals surface area contributed by atoms with E-state index in [-0.39, 0.29) is 5.56 Å². The summed E-state index contributed by atoms with van der Waals surface area (Å²) in [5.41, 5.74) is 0.825. The van der Waals surface area contributed by atoms with Crippen LogP contribution in [0.25, 0.3) is 0 Å². The van der Waals surface area contributed by atoms with Crippen LogP contribution in [0.2, 0.25) is 0 Å². The fourth-order valence-electron chi connectivity index (χ4n) is 1.63. The Morgan fingerprint density at radius 2 is 2.16 bits per heavy atom. The second-order valence-corrected chi connectivity index (χ2v) is 4.08. The van der Waals surface area contributed by atoms with Crippen molar-refractivity contribution in [3.8, 4) is 0 Å². The van der Waals surface area contributed by atoms with Gasteiger partial charge in [0, 0.05) is 13.0 Å². The van der Waals surface area contributed by atoms with E-state index in [2.05, 4.69) is 30.7 Å². The molecule has 0 unspecified atom stereocenters. The molecule has 8 nitrogen and oxygen atoms in total. The third kappa shape index (κ3) is 2.84. The number of hydrogen-bond acceptors (Lipinski definition) is 5. The summed E-state index contributed by atoms with van der Waals surface area (Å²) in [7, 11) is 0.